The molecule has 0 aromatic heterocycles. The predicted molar refractivity (Wildman–Crippen MR) is 200 cm³/mol. The van der Waals surface area contributed by atoms with Gasteiger partial charge in [-0.1, -0.05) is 189 Å². The molecule has 3 aromatic carbocycles. The highest BCUT2D eigenvalue weighted by atomic mass is 79.9. The van der Waals surface area contributed by atoms with Gasteiger partial charge in [-0.3, -0.25) is 0 Å². The number of phenolic OH excluding ortho intramolecular Hbond substituents is 1. The Balaban J connectivity index is 1.48. The van der Waals surface area contributed by atoms with Crippen molar-refractivity contribution in [2.24, 2.45) is 0 Å². The third-order valence-electron chi connectivity index (χ3n) is 10.4. The second-order valence-electron chi connectivity index (χ2n) is 13.9. The zero-order valence-electron chi connectivity index (χ0n) is 28.7. The van der Waals surface area contributed by atoms with E-state index < -0.39 is 0 Å². The number of hydrogen-bond donors (Lipinski definition) is 1. The van der Waals surface area contributed by atoms with Gasteiger partial charge < -0.3 is 5.11 Å². The molecule has 0 heterocycles. The topological polar surface area (TPSA) is 20.2 Å². The van der Waals surface area contributed by atoms with Gasteiger partial charge in [-0.25, -0.2) is 0 Å². The quantitative estimate of drug-likeness (QED) is 0.0994. The van der Waals surface area contributed by atoms with Crippen LogP contribution in [0.1, 0.15) is 166 Å². The number of benzene rings is 3. The maximum absolute atomic E-state index is 9.93. The third kappa shape index (κ3) is 10.5. The molecule has 45 heavy (non-hydrogen) atoms. The molecule has 0 amide bonds. The highest BCUT2D eigenvalue weighted by molar-refractivity contribution is 9.10. The number of halogens is 1. The smallest absolute Gasteiger partial charge is 0.115 e. The molecule has 1 N–H and O–H groups in total. The Labute approximate surface area is 284 Å². The summed E-state index contributed by atoms with van der Waals surface area (Å²) in [5, 5.41) is 9.93. The number of aromatic hydroxyl groups is 1. The lowest BCUT2D eigenvalue weighted by atomic mass is 9.70. The van der Waals surface area contributed by atoms with Crippen molar-refractivity contribution in [2.75, 3.05) is 0 Å². The normalized spacial score (nSPS) is 13.2. The summed E-state index contributed by atoms with van der Waals surface area (Å²) in [4.78, 5) is 0. The van der Waals surface area contributed by atoms with Crippen LogP contribution < -0.4 is 0 Å². The van der Waals surface area contributed by atoms with E-state index in [4.69, 9.17) is 0 Å². The van der Waals surface area contributed by atoms with E-state index in [1.54, 1.807) is 5.56 Å². The van der Waals surface area contributed by atoms with E-state index in [0.29, 0.717) is 5.75 Å². The largest absolute Gasteiger partial charge is 0.508 e. The minimum absolute atomic E-state index is 0.0711. The summed E-state index contributed by atoms with van der Waals surface area (Å²) in [6, 6.07) is 21.9. The van der Waals surface area contributed by atoms with Gasteiger partial charge >= 0.3 is 0 Å². The fourth-order valence-corrected chi connectivity index (χ4v) is 8.15. The lowest BCUT2D eigenvalue weighted by Gasteiger charge is -2.33. The third-order valence-corrected chi connectivity index (χ3v) is 10.9. The first-order valence-electron chi connectivity index (χ1n) is 18.8. The van der Waals surface area contributed by atoms with Crippen LogP contribution in [0.2, 0.25) is 0 Å². The van der Waals surface area contributed by atoms with Gasteiger partial charge in [0.05, 0.1) is 0 Å². The van der Waals surface area contributed by atoms with Crippen molar-refractivity contribution in [1.29, 1.82) is 0 Å². The van der Waals surface area contributed by atoms with Crippen LogP contribution in [-0.4, -0.2) is 5.11 Å². The minimum atomic E-state index is 0.0711. The first-order valence-corrected chi connectivity index (χ1v) is 19.6. The summed E-state index contributed by atoms with van der Waals surface area (Å²) < 4.78 is 1.20. The molecular formula is C43H61BrO. The van der Waals surface area contributed by atoms with E-state index >= 15 is 0 Å². The molecule has 3 aromatic rings. The van der Waals surface area contributed by atoms with Crippen molar-refractivity contribution < 1.29 is 5.11 Å². The molecule has 2 heteroatoms. The number of fused-ring (bicyclic) bond motifs is 3. The molecule has 0 saturated heterocycles. The van der Waals surface area contributed by atoms with Gasteiger partial charge in [0.1, 0.15) is 5.75 Å². The lowest BCUT2D eigenvalue weighted by molar-refractivity contribution is 0.397. The van der Waals surface area contributed by atoms with E-state index in [1.807, 2.05) is 12.1 Å². The molecule has 0 radical (unpaired) electrons. The molecule has 246 valence electrons. The molecule has 0 saturated carbocycles. The van der Waals surface area contributed by atoms with Crippen LogP contribution in [-0.2, 0) is 5.41 Å². The number of unbranched alkanes of at least 4 members (excludes halogenated alkanes) is 18. The van der Waals surface area contributed by atoms with Gasteiger partial charge in [0.15, 0.2) is 0 Å². The molecular weight excluding hydrogens is 612 g/mol. The second kappa shape index (κ2) is 19.6. The maximum atomic E-state index is 9.93. The van der Waals surface area contributed by atoms with E-state index in [0.717, 1.165) is 0 Å². The van der Waals surface area contributed by atoms with E-state index in [2.05, 4.69) is 78.3 Å². The van der Waals surface area contributed by atoms with Gasteiger partial charge in [0, 0.05) is 9.89 Å². The summed E-state index contributed by atoms with van der Waals surface area (Å²) in [5.74, 6) is 0.327. The fourth-order valence-electron chi connectivity index (χ4n) is 7.79. The molecule has 1 aliphatic rings. The van der Waals surface area contributed by atoms with Crippen LogP contribution in [0.3, 0.4) is 0 Å². The Hall–Kier alpha value is -2.06. The molecule has 1 nitrogen and oxygen atoms in total. The summed E-state index contributed by atoms with van der Waals surface area (Å²) in [6.45, 7) is 4.61. The monoisotopic (exact) mass is 672 g/mol. The van der Waals surface area contributed by atoms with Gasteiger partial charge in [-0.05, 0) is 76.6 Å². The van der Waals surface area contributed by atoms with Crippen LogP contribution in [0.25, 0.3) is 22.3 Å². The van der Waals surface area contributed by atoms with Crippen LogP contribution in [0, 0.1) is 0 Å². The second-order valence-corrected chi connectivity index (χ2v) is 14.9. The van der Waals surface area contributed by atoms with Gasteiger partial charge in [0.25, 0.3) is 0 Å². The van der Waals surface area contributed by atoms with Crippen molar-refractivity contribution in [3.8, 4) is 28.0 Å². The molecule has 0 bridgehead atoms. The number of phenols is 1. The molecule has 1 aliphatic carbocycles. The maximum Gasteiger partial charge on any atom is 0.115 e. The summed E-state index contributed by atoms with van der Waals surface area (Å²) >= 11 is 3.86. The summed E-state index contributed by atoms with van der Waals surface area (Å²) in [6.07, 6.45) is 30.0. The highest BCUT2D eigenvalue weighted by Gasteiger charge is 2.42. The molecule has 0 aliphatic heterocycles. The van der Waals surface area contributed by atoms with Crippen molar-refractivity contribution in [3.63, 3.8) is 0 Å². The van der Waals surface area contributed by atoms with Crippen molar-refractivity contribution in [1.82, 2.24) is 0 Å². The van der Waals surface area contributed by atoms with Crippen LogP contribution in [0.15, 0.2) is 65.1 Å². The number of hydrogen-bond acceptors (Lipinski definition) is 1. The van der Waals surface area contributed by atoms with Crippen molar-refractivity contribution in [3.05, 3.63) is 76.3 Å². The Bertz CT molecular complexity index is 1240. The first-order chi connectivity index (χ1) is 22.1. The Morgan fingerprint density at radius 2 is 0.867 bits per heavy atom. The molecule has 0 atom stereocenters. The van der Waals surface area contributed by atoms with Crippen molar-refractivity contribution in [2.45, 2.75) is 161 Å². The van der Waals surface area contributed by atoms with E-state index in [-0.39, 0.29) is 5.41 Å². The summed E-state index contributed by atoms with van der Waals surface area (Å²) in [7, 11) is 0. The average molecular weight is 674 g/mol. The van der Waals surface area contributed by atoms with Crippen LogP contribution in [0.5, 0.6) is 5.75 Å². The van der Waals surface area contributed by atoms with Crippen LogP contribution >= 0.6 is 15.9 Å². The fraction of sp³-hybridized carbons (Fsp3) is 0.581. The Kier molecular flexibility index (Phi) is 15.6. The Morgan fingerprint density at radius 3 is 1.36 bits per heavy atom. The summed E-state index contributed by atoms with van der Waals surface area (Å²) in [5.41, 5.74) is 8.45. The highest BCUT2D eigenvalue weighted by Crippen LogP contribution is 2.55. The zero-order chi connectivity index (χ0) is 31.7. The van der Waals surface area contributed by atoms with Gasteiger partial charge in [-0.15, -0.1) is 0 Å². The predicted octanol–water partition coefficient (Wildman–Crippen LogP) is 14.7. The standard InChI is InChI=1S/C43H61BrO/c1-3-5-7-9-11-13-15-17-19-21-31-43(32-22-20-18-16-14-12-10-8-6-4-2)41-33-36(35-23-27-38(45)28-24-35)25-29-39(41)40-30-26-37(44)34-42(40)43/h23-30,33-34,45H,3-22,31-32H2,1-2H3. The first kappa shape index (κ1) is 35.8. The zero-order valence-corrected chi connectivity index (χ0v) is 30.2. The van der Waals surface area contributed by atoms with E-state index in [9.17, 15) is 5.11 Å². The minimum Gasteiger partial charge on any atom is -0.508 e. The van der Waals surface area contributed by atoms with Gasteiger partial charge in [-0.2, -0.15) is 0 Å². The molecule has 4 rings (SSSR count). The lowest BCUT2D eigenvalue weighted by Crippen LogP contribution is -2.25. The molecule has 0 spiro atoms. The van der Waals surface area contributed by atoms with Gasteiger partial charge in [0.2, 0.25) is 0 Å². The molecule has 0 unspecified atom stereocenters. The van der Waals surface area contributed by atoms with Crippen LogP contribution in [0.4, 0.5) is 0 Å². The molecule has 0 fully saturated rings. The Morgan fingerprint density at radius 1 is 0.467 bits per heavy atom. The number of rotatable bonds is 23. The van der Waals surface area contributed by atoms with Crippen molar-refractivity contribution >= 4 is 15.9 Å². The van der Waals surface area contributed by atoms with E-state index in [1.165, 1.54) is 174 Å². The SMILES string of the molecule is CCCCCCCCCCCCC1(CCCCCCCCCCCC)c2cc(Br)ccc2-c2ccc(-c3ccc(O)cc3)cc21. The average Bonchev–Trinajstić information content (AvgIpc) is 3.31.